The molecule has 20 heavy (non-hydrogen) atoms. The largest absolute Gasteiger partial charge is 0.395 e. The number of halogens is 2. The molecule has 0 fully saturated rings. The third-order valence-corrected chi connectivity index (χ3v) is 3.57. The summed E-state index contributed by atoms with van der Waals surface area (Å²) in [5.74, 6) is 0.0181. The van der Waals surface area contributed by atoms with Gasteiger partial charge in [-0.1, -0.05) is 29.3 Å². The van der Waals surface area contributed by atoms with Gasteiger partial charge in [0.25, 0.3) is 0 Å². The predicted molar refractivity (Wildman–Crippen MR) is 82.1 cm³/mol. The predicted octanol–water partition coefficient (Wildman–Crippen LogP) is 2.31. The van der Waals surface area contributed by atoms with Gasteiger partial charge in [0.1, 0.15) is 0 Å². The number of carbonyl (C=O) groups is 1. The van der Waals surface area contributed by atoms with Gasteiger partial charge in [0.2, 0.25) is 5.91 Å². The van der Waals surface area contributed by atoms with Crippen LogP contribution in [-0.2, 0) is 11.3 Å². The minimum absolute atomic E-state index is 0.0181. The summed E-state index contributed by atoms with van der Waals surface area (Å²) in [5, 5.41) is 12.9. The quantitative estimate of drug-likeness (QED) is 0.773. The lowest BCUT2D eigenvalue weighted by Crippen LogP contribution is -2.32. The van der Waals surface area contributed by atoms with Crippen molar-refractivity contribution in [3.05, 3.63) is 33.8 Å². The maximum atomic E-state index is 11.5. The van der Waals surface area contributed by atoms with Crippen LogP contribution >= 0.6 is 23.2 Å². The minimum Gasteiger partial charge on any atom is -0.395 e. The Balaban J connectivity index is 2.57. The zero-order valence-electron chi connectivity index (χ0n) is 11.5. The lowest BCUT2D eigenvalue weighted by atomic mass is 10.2. The second kappa shape index (κ2) is 9.19. The third-order valence-electron chi connectivity index (χ3n) is 2.84. The first-order valence-electron chi connectivity index (χ1n) is 6.60. The molecule has 6 heteroatoms. The summed E-state index contributed by atoms with van der Waals surface area (Å²) in [5.41, 5.74) is 1.00. The van der Waals surface area contributed by atoms with Gasteiger partial charge in [-0.25, -0.2) is 0 Å². The SMILES string of the molecule is CCNC(=O)CCN(CCO)Cc1ccc(Cl)c(Cl)c1. The van der Waals surface area contributed by atoms with Gasteiger partial charge in [-0.3, -0.25) is 9.69 Å². The molecule has 0 heterocycles. The number of aliphatic hydroxyl groups is 1. The summed E-state index contributed by atoms with van der Waals surface area (Å²) >= 11 is 11.9. The first kappa shape index (κ1) is 17.2. The van der Waals surface area contributed by atoms with Gasteiger partial charge >= 0.3 is 0 Å². The standard InChI is InChI=1S/C14H20Cl2N2O2/c1-2-17-14(20)5-6-18(7-8-19)10-11-3-4-12(15)13(16)9-11/h3-4,9,19H,2,5-8,10H2,1H3,(H,17,20). The number of benzene rings is 1. The highest BCUT2D eigenvalue weighted by molar-refractivity contribution is 6.42. The van der Waals surface area contributed by atoms with Crippen LogP contribution in [0.2, 0.25) is 10.0 Å². The molecular formula is C14H20Cl2N2O2. The monoisotopic (exact) mass is 318 g/mol. The van der Waals surface area contributed by atoms with Crippen LogP contribution in [0, 0.1) is 0 Å². The fourth-order valence-electron chi connectivity index (χ4n) is 1.85. The second-order valence-corrected chi connectivity index (χ2v) is 5.27. The van der Waals surface area contributed by atoms with E-state index in [9.17, 15) is 4.79 Å². The van der Waals surface area contributed by atoms with Crippen LogP contribution < -0.4 is 5.32 Å². The molecule has 4 nitrogen and oxygen atoms in total. The normalized spacial score (nSPS) is 10.8. The summed E-state index contributed by atoms with van der Waals surface area (Å²) < 4.78 is 0. The molecule has 112 valence electrons. The summed E-state index contributed by atoms with van der Waals surface area (Å²) in [6.07, 6.45) is 0.412. The number of nitrogens with zero attached hydrogens (tertiary/aromatic N) is 1. The molecule has 1 aromatic carbocycles. The molecule has 1 amide bonds. The number of amides is 1. The average Bonchev–Trinajstić information content (AvgIpc) is 2.41. The molecule has 0 aliphatic carbocycles. The van der Waals surface area contributed by atoms with Gasteiger partial charge in [0.15, 0.2) is 0 Å². The van der Waals surface area contributed by atoms with Crippen LogP contribution in [0.1, 0.15) is 18.9 Å². The van der Waals surface area contributed by atoms with Crippen molar-refractivity contribution in [2.45, 2.75) is 19.9 Å². The highest BCUT2D eigenvalue weighted by atomic mass is 35.5. The van der Waals surface area contributed by atoms with E-state index in [1.807, 2.05) is 17.9 Å². The zero-order valence-corrected chi connectivity index (χ0v) is 13.0. The lowest BCUT2D eigenvalue weighted by Gasteiger charge is -2.21. The number of rotatable bonds is 8. The Morgan fingerprint density at radius 1 is 1.30 bits per heavy atom. The number of nitrogens with one attached hydrogen (secondary N) is 1. The Morgan fingerprint density at radius 3 is 2.65 bits per heavy atom. The fourth-order valence-corrected chi connectivity index (χ4v) is 2.17. The maximum Gasteiger partial charge on any atom is 0.221 e. The zero-order chi connectivity index (χ0) is 15.0. The number of hydrogen-bond acceptors (Lipinski definition) is 3. The Kier molecular flexibility index (Phi) is 7.92. The second-order valence-electron chi connectivity index (χ2n) is 4.45. The maximum absolute atomic E-state index is 11.5. The molecule has 0 saturated heterocycles. The van der Waals surface area contributed by atoms with Crippen LogP contribution in [0.5, 0.6) is 0 Å². The molecule has 1 aromatic rings. The van der Waals surface area contributed by atoms with Crippen molar-refractivity contribution in [1.29, 1.82) is 0 Å². The molecule has 0 unspecified atom stereocenters. The van der Waals surface area contributed by atoms with Crippen molar-refractivity contribution in [3.8, 4) is 0 Å². The van der Waals surface area contributed by atoms with E-state index in [4.69, 9.17) is 28.3 Å². The van der Waals surface area contributed by atoms with Crippen LogP contribution in [0.4, 0.5) is 0 Å². The summed E-state index contributed by atoms with van der Waals surface area (Å²) in [7, 11) is 0. The minimum atomic E-state index is 0.0181. The smallest absolute Gasteiger partial charge is 0.221 e. The van der Waals surface area contributed by atoms with Gasteiger partial charge in [-0.05, 0) is 24.6 Å². The van der Waals surface area contributed by atoms with Crippen LogP contribution in [0.25, 0.3) is 0 Å². The topological polar surface area (TPSA) is 52.6 Å². The molecule has 0 saturated carbocycles. The van der Waals surface area contributed by atoms with E-state index in [-0.39, 0.29) is 12.5 Å². The van der Waals surface area contributed by atoms with Crippen molar-refractivity contribution in [3.63, 3.8) is 0 Å². The Hall–Kier alpha value is -0.810. The van der Waals surface area contributed by atoms with E-state index >= 15 is 0 Å². The summed E-state index contributed by atoms with van der Waals surface area (Å²) in [4.78, 5) is 13.5. The molecule has 0 spiro atoms. The highest BCUT2D eigenvalue weighted by Gasteiger charge is 2.09. The van der Waals surface area contributed by atoms with Crippen molar-refractivity contribution in [2.24, 2.45) is 0 Å². The molecule has 0 aliphatic heterocycles. The first-order valence-corrected chi connectivity index (χ1v) is 7.36. The molecular weight excluding hydrogens is 299 g/mol. The molecule has 0 radical (unpaired) electrons. The van der Waals surface area contributed by atoms with Gasteiger partial charge in [-0.2, -0.15) is 0 Å². The van der Waals surface area contributed by atoms with Crippen LogP contribution in [0.15, 0.2) is 18.2 Å². The average molecular weight is 319 g/mol. The van der Waals surface area contributed by atoms with Gasteiger partial charge in [-0.15, -0.1) is 0 Å². The van der Waals surface area contributed by atoms with E-state index in [0.717, 1.165) is 5.56 Å². The van der Waals surface area contributed by atoms with Crippen molar-refractivity contribution in [2.75, 3.05) is 26.2 Å². The summed E-state index contributed by atoms with van der Waals surface area (Å²) in [6, 6.07) is 5.45. The Bertz CT molecular complexity index is 441. The number of aliphatic hydroxyl groups excluding tert-OH is 1. The van der Waals surface area contributed by atoms with E-state index in [2.05, 4.69) is 5.32 Å². The third kappa shape index (κ3) is 6.09. The molecule has 0 aliphatic rings. The van der Waals surface area contributed by atoms with Crippen LogP contribution in [-0.4, -0.2) is 42.2 Å². The fraction of sp³-hybridized carbons (Fsp3) is 0.500. The van der Waals surface area contributed by atoms with Crippen molar-refractivity contribution < 1.29 is 9.90 Å². The first-order chi connectivity index (χ1) is 9.56. The van der Waals surface area contributed by atoms with Gasteiger partial charge in [0.05, 0.1) is 16.7 Å². The lowest BCUT2D eigenvalue weighted by molar-refractivity contribution is -0.121. The molecule has 0 bridgehead atoms. The van der Waals surface area contributed by atoms with E-state index < -0.39 is 0 Å². The number of carbonyl (C=O) groups excluding carboxylic acids is 1. The molecule has 0 atom stereocenters. The van der Waals surface area contributed by atoms with Crippen molar-refractivity contribution >= 4 is 29.1 Å². The van der Waals surface area contributed by atoms with E-state index in [1.54, 1.807) is 12.1 Å². The summed E-state index contributed by atoms with van der Waals surface area (Å²) in [6.45, 7) is 4.30. The van der Waals surface area contributed by atoms with E-state index in [1.165, 1.54) is 0 Å². The number of hydrogen-bond donors (Lipinski definition) is 2. The van der Waals surface area contributed by atoms with Crippen LogP contribution in [0.3, 0.4) is 0 Å². The Morgan fingerprint density at radius 2 is 2.05 bits per heavy atom. The molecule has 1 rings (SSSR count). The van der Waals surface area contributed by atoms with Gasteiger partial charge < -0.3 is 10.4 Å². The molecule has 0 aromatic heterocycles. The Labute approximate surface area is 129 Å². The van der Waals surface area contributed by atoms with E-state index in [0.29, 0.717) is 42.6 Å². The highest BCUT2D eigenvalue weighted by Crippen LogP contribution is 2.23. The molecule has 2 N–H and O–H groups in total. The van der Waals surface area contributed by atoms with Crippen molar-refractivity contribution in [1.82, 2.24) is 10.2 Å². The van der Waals surface area contributed by atoms with Gasteiger partial charge in [0, 0.05) is 32.6 Å².